The fourth-order valence-electron chi connectivity index (χ4n) is 1.55. The summed E-state index contributed by atoms with van der Waals surface area (Å²) < 4.78 is 6.29. The smallest absolute Gasteiger partial charge is 0.262 e. The molecule has 1 aromatic heterocycles. The molecule has 0 aliphatic carbocycles. The van der Waals surface area contributed by atoms with Gasteiger partial charge in [0.25, 0.3) is 5.91 Å². The third-order valence-corrected chi connectivity index (χ3v) is 4.17. The van der Waals surface area contributed by atoms with Gasteiger partial charge in [-0.25, -0.2) is 0 Å². The standard InChI is InChI=1S/C10H12BrNO2S/c11-8-3-5-15-9(8)10(13)12-6-7-2-1-4-14-7/h3,5,7H,1-2,4,6H2,(H,12,13). The molecule has 1 aromatic rings. The van der Waals surface area contributed by atoms with E-state index in [0.717, 1.165) is 28.8 Å². The number of ether oxygens (including phenoxy) is 1. The molecule has 3 nitrogen and oxygen atoms in total. The summed E-state index contributed by atoms with van der Waals surface area (Å²) in [5.74, 6) is -0.0209. The molecule has 82 valence electrons. The Bertz CT molecular complexity index is 347. The Labute approximate surface area is 101 Å². The van der Waals surface area contributed by atoms with Crippen LogP contribution in [0.4, 0.5) is 0 Å². The summed E-state index contributed by atoms with van der Waals surface area (Å²) in [6, 6.07) is 1.88. The molecule has 0 bridgehead atoms. The number of hydrogen-bond acceptors (Lipinski definition) is 3. The lowest BCUT2D eigenvalue weighted by atomic mass is 10.2. The van der Waals surface area contributed by atoms with Crippen molar-refractivity contribution in [1.29, 1.82) is 0 Å². The van der Waals surface area contributed by atoms with Gasteiger partial charge in [-0.2, -0.15) is 0 Å². The molecule has 0 spiro atoms. The van der Waals surface area contributed by atoms with Gasteiger partial charge >= 0.3 is 0 Å². The van der Waals surface area contributed by atoms with Gasteiger partial charge in [-0.1, -0.05) is 0 Å². The minimum atomic E-state index is -0.0209. The van der Waals surface area contributed by atoms with Gasteiger partial charge in [-0.15, -0.1) is 11.3 Å². The molecule has 1 aliphatic rings. The highest BCUT2D eigenvalue weighted by Crippen LogP contribution is 2.22. The predicted octanol–water partition coefficient (Wildman–Crippen LogP) is 2.42. The van der Waals surface area contributed by atoms with Gasteiger partial charge in [0.1, 0.15) is 4.88 Å². The lowest BCUT2D eigenvalue weighted by Gasteiger charge is -2.09. The quantitative estimate of drug-likeness (QED) is 0.928. The Balaban J connectivity index is 1.84. The van der Waals surface area contributed by atoms with E-state index in [2.05, 4.69) is 21.2 Å². The summed E-state index contributed by atoms with van der Waals surface area (Å²) in [5.41, 5.74) is 0. The molecule has 5 heteroatoms. The van der Waals surface area contributed by atoms with E-state index in [9.17, 15) is 4.79 Å². The molecule has 1 unspecified atom stereocenters. The summed E-state index contributed by atoms with van der Waals surface area (Å²) in [7, 11) is 0. The predicted molar refractivity (Wildman–Crippen MR) is 63.3 cm³/mol. The molecule has 0 radical (unpaired) electrons. The molecule has 1 fully saturated rings. The molecule has 2 heterocycles. The lowest BCUT2D eigenvalue weighted by Crippen LogP contribution is -2.31. The van der Waals surface area contributed by atoms with Gasteiger partial charge in [0.2, 0.25) is 0 Å². The molecule has 1 amide bonds. The zero-order valence-corrected chi connectivity index (χ0v) is 10.6. The molecule has 1 N–H and O–H groups in total. The second-order valence-corrected chi connectivity index (χ2v) is 5.21. The number of hydrogen-bond donors (Lipinski definition) is 1. The van der Waals surface area contributed by atoms with Crippen LogP contribution in [0.25, 0.3) is 0 Å². The van der Waals surface area contributed by atoms with Crippen molar-refractivity contribution in [2.24, 2.45) is 0 Å². The normalized spacial score (nSPS) is 20.5. The first-order valence-electron chi connectivity index (χ1n) is 4.90. The first-order valence-corrected chi connectivity index (χ1v) is 6.57. The number of carbonyl (C=O) groups is 1. The zero-order valence-electron chi connectivity index (χ0n) is 8.16. The van der Waals surface area contributed by atoms with Crippen molar-refractivity contribution < 1.29 is 9.53 Å². The van der Waals surface area contributed by atoms with Crippen molar-refractivity contribution in [2.45, 2.75) is 18.9 Å². The Kier molecular flexibility index (Phi) is 3.77. The molecule has 15 heavy (non-hydrogen) atoms. The van der Waals surface area contributed by atoms with Gasteiger partial charge in [-0.05, 0) is 40.2 Å². The van der Waals surface area contributed by atoms with Crippen LogP contribution in [0.3, 0.4) is 0 Å². The van der Waals surface area contributed by atoms with Gasteiger partial charge < -0.3 is 10.1 Å². The maximum absolute atomic E-state index is 11.7. The van der Waals surface area contributed by atoms with Crippen LogP contribution in [0.2, 0.25) is 0 Å². The van der Waals surface area contributed by atoms with E-state index in [0.29, 0.717) is 6.54 Å². The van der Waals surface area contributed by atoms with Gasteiger partial charge in [0.05, 0.1) is 6.10 Å². The van der Waals surface area contributed by atoms with Gasteiger partial charge in [0, 0.05) is 17.6 Å². The largest absolute Gasteiger partial charge is 0.376 e. The van der Waals surface area contributed by atoms with Crippen molar-refractivity contribution in [1.82, 2.24) is 5.32 Å². The summed E-state index contributed by atoms with van der Waals surface area (Å²) in [4.78, 5) is 12.4. The Hall–Kier alpha value is -0.390. The number of rotatable bonds is 3. The van der Waals surface area contributed by atoms with Crippen LogP contribution in [0.15, 0.2) is 15.9 Å². The minimum Gasteiger partial charge on any atom is -0.376 e. The second-order valence-electron chi connectivity index (χ2n) is 3.44. The maximum Gasteiger partial charge on any atom is 0.262 e. The van der Waals surface area contributed by atoms with Crippen LogP contribution >= 0.6 is 27.3 Å². The Morgan fingerprint density at radius 1 is 1.73 bits per heavy atom. The number of halogens is 1. The van der Waals surface area contributed by atoms with Gasteiger partial charge in [-0.3, -0.25) is 4.79 Å². The highest BCUT2D eigenvalue weighted by atomic mass is 79.9. The lowest BCUT2D eigenvalue weighted by molar-refractivity contribution is 0.0860. The van der Waals surface area contributed by atoms with E-state index < -0.39 is 0 Å². The summed E-state index contributed by atoms with van der Waals surface area (Å²) >= 11 is 4.78. The van der Waals surface area contributed by atoms with Crippen molar-refractivity contribution in [3.05, 3.63) is 20.8 Å². The maximum atomic E-state index is 11.7. The van der Waals surface area contributed by atoms with Crippen molar-refractivity contribution in [3.63, 3.8) is 0 Å². The van der Waals surface area contributed by atoms with E-state index in [1.54, 1.807) is 0 Å². The fourth-order valence-corrected chi connectivity index (χ4v) is 3.02. The van der Waals surface area contributed by atoms with Gasteiger partial charge in [0.15, 0.2) is 0 Å². The third kappa shape index (κ3) is 2.80. The van der Waals surface area contributed by atoms with Crippen LogP contribution < -0.4 is 5.32 Å². The number of amides is 1. The van der Waals surface area contributed by atoms with Crippen LogP contribution in [-0.4, -0.2) is 25.2 Å². The average molecular weight is 290 g/mol. The van der Waals surface area contributed by atoms with Crippen LogP contribution in [0.1, 0.15) is 22.5 Å². The van der Waals surface area contributed by atoms with E-state index in [-0.39, 0.29) is 12.0 Å². The van der Waals surface area contributed by atoms with E-state index in [1.807, 2.05) is 11.4 Å². The average Bonchev–Trinajstić information content (AvgIpc) is 2.84. The van der Waals surface area contributed by atoms with Crippen molar-refractivity contribution in [3.8, 4) is 0 Å². The topological polar surface area (TPSA) is 38.3 Å². The Morgan fingerprint density at radius 3 is 3.20 bits per heavy atom. The zero-order chi connectivity index (χ0) is 10.7. The summed E-state index contributed by atoms with van der Waals surface area (Å²) in [5, 5.41) is 4.78. The molecular formula is C10H12BrNO2S. The van der Waals surface area contributed by atoms with Crippen LogP contribution in [0.5, 0.6) is 0 Å². The summed E-state index contributed by atoms with van der Waals surface area (Å²) in [6.45, 7) is 1.44. The number of thiophene rings is 1. The first kappa shape index (κ1) is 11.1. The summed E-state index contributed by atoms with van der Waals surface area (Å²) in [6.07, 6.45) is 2.35. The Morgan fingerprint density at radius 2 is 2.60 bits per heavy atom. The van der Waals surface area contributed by atoms with Crippen molar-refractivity contribution in [2.75, 3.05) is 13.2 Å². The molecule has 1 atom stereocenters. The second kappa shape index (κ2) is 5.09. The minimum absolute atomic E-state index is 0.0209. The van der Waals surface area contributed by atoms with Crippen molar-refractivity contribution >= 4 is 33.2 Å². The SMILES string of the molecule is O=C(NCC1CCCO1)c1sccc1Br. The molecule has 1 saturated heterocycles. The monoisotopic (exact) mass is 289 g/mol. The number of carbonyl (C=O) groups excluding carboxylic acids is 1. The highest BCUT2D eigenvalue weighted by molar-refractivity contribution is 9.10. The van der Waals surface area contributed by atoms with E-state index >= 15 is 0 Å². The fraction of sp³-hybridized carbons (Fsp3) is 0.500. The molecule has 2 rings (SSSR count). The number of nitrogens with one attached hydrogen (secondary N) is 1. The molecule has 1 aliphatic heterocycles. The third-order valence-electron chi connectivity index (χ3n) is 2.34. The molecule has 0 aromatic carbocycles. The van der Waals surface area contributed by atoms with Crippen LogP contribution in [-0.2, 0) is 4.74 Å². The van der Waals surface area contributed by atoms with E-state index in [4.69, 9.17) is 4.74 Å². The highest BCUT2D eigenvalue weighted by Gasteiger charge is 2.17. The van der Waals surface area contributed by atoms with Crippen LogP contribution in [0, 0.1) is 0 Å². The molecular weight excluding hydrogens is 278 g/mol. The molecule has 0 saturated carbocycles. The van der Waals surface area contributed by atoms with E-state index in [1.165, 1.54) is 11.3 Å². The first-order chi connectivity index (χ1) is 7.27.